The van der Waals surface area contributed by atoms with Crippen LogP contribution in [0.5, 0.6) is 0 Å². The molecule has 27 heavy (non-hydrogen) atoms. The van der Waals surface area contributed by atoms with Gasteiger partial charge in [0, 0.05) is 22.4 Å². The molecular weight excluding hydrogens is 378 g/mol. The first-order valence-corrected chi connectivity index (χ1v) is 10.2. The molecule has 4 nitrogen and oxygen atoms in total. The normalized spacial score (nSPS) is 12.0. The lowest BCUT2D eigenvalue weighted by Gasteiger charge is -2.07. The average Bonchev–Trinajstić information content (AvgIpc) is 3.29. The number of hydrogen-bond acceptors (Lipinski definition) is 5. The van der Waals surface area contributed by atoms with Gasteiger partial charge in [0.25, 0.3) is 5.56 Å². The third-order valence-corrected chi connectivity index (χ3v) is 5.74. The first-order chi connectivity index (χ1) is 13.1. The van der Waals surface area contributed by atoms with Crippen LogP contribution in [0.1, 0.15) is 29.1 Å². The Morgan fingerprint density at radius 1 is 1.33 bits per heavy atom. The molecular formula is C21H19NO3S2. The van der Waals surface area contributed by atoms with Gasteiger partial charge in [-0.1, -0.05) is 30.9 Å². The first kappa shape index (κ1) is 19.1. The maximum Gasteiger partial charge on any atom is 0.349 e. The SMILES string of the molecule is C=C/C=C(\C=C/C)c1c(C(=O)OCC)sc2c1ccc(=O)n2-c1ccsc1. The smallest absolute Gasteiger partial charge is 0.349 e. The molecule has 3 aromatic heterocycles. The van der Waals surface area contributed by atoms with E-state index in [1.165, 1.54) is 28.7 Å². The van der Waals surface area contributed by atoms with E-state index in [1.54, 1.807) is 23.6 Å². The summed E-state index contributed by atoms with van der Waals surface area (Å²) in [5, 5.41) is 4.67. The van der Waals surface area contributed by atoms with Crippen molar-refractivity contribution in [1.82, 2.24) is 4.57 Å². The molecule has 0 aliphatic carbocycles. The Morgan fingerprint density at radius 2 is 2.15 bits per heavy atom. The maximum atomic E-state index is 12.7. The molecule has 3 rings (SSSR count). The number of hydrogen-bond donors (Lipinski definition) is 0. The molecule has 6 heteroatoms. The van der Waals surface area contributed by atoms with E-state index in [0.717, 1.165) is 27.0 Å². The summed E-state index contributed by atoms with van der Waals surface area (Å²) >= 11 is 2.79. The van der Waals surface area contributed by atoms with E-state index < -0.39 is 5.97 Å². The Balaban J connectivity index is 2.42. The maximum absolute atomic E-state index is 12.7. The Kier molecular flexibility index (Phi) is 5.88. The number of esters is 1. The molecule has 0 aliphatic rings. The van der Waals surface area contributed by atoms with E-state index in [9.17, 15) is 9.59 Å². The summed E-state index contributed by atoms with van der Waals surface area (Å²) in [4.78, 5) is 26.4. The zero-order valence-corrected chi connectivity index (χ0v) is 16.7. The monoisotopic (exact) mass is 397 g/mol. The van der Waals surface area contributed by atoms with Crippen molar-refractivity contribution in [3.8, 4) is 5.69 Å². The number of ether oxygens (including phenoxy) is 1. The predicted octanol–water partition coefficient (Wildman–Crippen LogP) is 5.44. The molecule has 0 amide bonds. The highest BCUT2D eigenvalue weighted by atomic mass is 32.1. The van der Waals surface area contributed by atoms with Gasteiger partial charge in [-0.25, -0.2) is 4.79 Å². The van der Waals surface area contributed by atoms with Crippen LogP contribution in [0.4, 0.5) is 0 Å². The van der Waals surface area contributed by atoms with Crippen molar-refractivity contribution in [2.45, 2.75) is 13.8 Å². The number of rotatable bonds is 6. The third-order valence-electron chi connectivity index (χ3n) is 3.90. The van der Waals surface area contributed by atoms with Crippen molar-refractivity contribution in [3.05, 3.63) is 80.6 Å². The van der Waals surface area contributed by atoms with Gasteiger partial charge in [0.05, 0.1) is 12.3 Å². The van der Waals surface area contributed by atoms with Gasteiger partial charge >= 0.3 is 5.97 Å². The van der Waals surface area contributed by atoms with Gasteiger partial charge in [-0.05, 0) is 36.9 Å². The molecule has 0 saturated carbocycles. The zero-order chi connectivity index (χ0) is 19.4. The lowest BCUT2D eigenvalue weighted by atomic mass is 10.0. The van der Waals surface area contributed by atoms with Crippen molar-refractivity contribution >= 4 is 44.4 Å². The standard InChI is InChI=1S/C21H19NO3S2/c1-4-7-14(8-5-2)18-16-9-10-17(23)22(15-11-12-26-13-15)20(16)27-19(18)21(24)25-6-3/h4-5,7-13H,1,6H2,2-3H3/b8-5-,14-7+. The van der Waals surface area contributed by atoms with Gasteiger partial charge in [0.1, 0.15) is 9.71 Å². The van der Waals surface area contributed by atoms with Crippen molar-refractivity contribution in [3.63, 3.8) is 0 Å². The minimum Gasteiger partial charge on any atom is -0.462 e. The van der Waals surface area contributed by atoms with Gasteiger partial charge in [-0.15, -0.1) is 11.3 Å². The van der Waals surface area contributed by atoms with Crippen molar-refractivity contribution in [1.29, 1.82) is 0 Å². The Labute approximate surface area is 165 Å². The van der Waals surface area contributed by atoms with Crippen LogP contribution in [0.15, 0.2) is 64.6 Å². The summed E-state index contributed by atoms with van der Waals surface area (Å²) in [6.45, 7) is 7.75. The number of pyridine rings is 1. The fourth-order valence-corrected chi connectivity index (χ4v) is 4.72. The van der Waals surface area contributed by atoms with Crippen molar-refractivity contribution < 1.29 is 9.53 Å². The molecule has 0 spiro atoms. The van der Waals surface area contributed by atoms with Gasteiger partial charge in [-0.2, -0.15) is 11.3 Å². The molecule has 0 fully saturated rings. The van der Waals surface area contributed by atoms with E-state index >= 15 is 0 Å². The molecule has 0 aliphatic heterocycles. The minimum atomic E-state index is -0.391. The second-order valence-electron chi connectivity index (χ2n) is 5.59. The number of fused-ring (bicyclic) bond motifs is 1. The topological polar surface area (TPSA) is 48.3 Å². The number of thiophene rings is 2. The second kappa shape index (κ2) is 8.33. The lowest BCUT2D eigenvalue weighted by molar-refractivity contribution is 0.0532. The van der Waals surface area contributed by atoms with E-state index in [4.69, 9.17) is 4.74 Å². The van der Waals surface area contributed by atoms with E-state index in [2.05, 4.69) is 6.58 Å². The highest BCUT2D eigenvalue weighted by molar-refractivity contribution is 7.20. The average molecular weight is 398 g/mol. The Bertz CT molecular complexity index is 1100. The summed E-state index contributed by atoms with van der Waals surface area (Å²) in [6.07, 6.45) is 7.36. The molecule has 3 aromatic rings. The number of aromatic nitrogens is 1. The fourth-order valence-electron chi connectivity index (χ4n) is 2.87. The highest BCUT2D eigenvalue weighted by Gasteiger charge is 2.23. The van der Waals surface area contributed by atoms with Gasteiger partial charge in [-0.3, -0.25) is 9.36 Å². The van der Waals surface area contributed by atoms with Crippen LogP contribution in [-0.4, -0.2) is 17.1 Å². The Morgan fingerprint density at radius 3 is 2.78 bits per heavy atom. The van der Waals surface area contributed by atoms with E-state index in [0.29, 0.717) is 4.88 Å². The van der Waals surface area contributed by atoms with Crippen LogP contribution in [0.3, 0.4) is 0 Å². The molecule has 0 N–H and O–H groups in total. The third kappa shape index (κ3) is 3.59. The zero-order valence-electron chi connectivity index (χ0n) is 15.1. The van der Waals surface area contributed by atoms with Gasteiger partial charge < -0.3 is 4.74 Å². The molecule has 0 unspecified atom stereocenters. The van der Waals surface area contributed by atoms with Crippen LogP contribution in [0, 0.1) is 0 Å². The number of carbonyl (C=O) groups is 1. The molecule has 0 bridgehead atoms. The summed E-state index contributed by atoms with van der Waals surface area (Å²) in [5.41, 5.74) is 2.26. The van der Waals surface area contributed by atoms with E-state index in [-0.39, 0.29) is 12.2 Å². The number of allylic oxidation sites excluding steroid dienone is 5. The van der Waals surface area contributed by atoms with Crippen LogP contribution >= 0.6 is 22.7 Å². The predicted molar refractivity (Wildman–Crippen MR) is 114 cm³/mol. The minimum absolute atomic E-state index is 0.135. The van der Waals surface area contributed by atoms with Crippen LogP contribution in [0.2, 0.25) is 0 Å². The molecule has 0 radical (unpaired) electrons. The molecule has 3 heterocycles. The molecule has 0 atom stereocenters. The van der Waals surface area contributed by atoms with Crippen LogP contribution in [-0.2, 0) is 4.74 Å². The highest BCUT2D eigenvalue weighted by Crippen LogP contribution is 2.37. The fraction of sp³-hybridized carbons (Fsp3) is 0.143. The summed E-state index contributed by atoms with van der Waals surface area (Å²) in [5.74, 6) is -0.391. The van der Waals surface area contributed by atoms with Gasteiger partial charge in [0.2, 0.25) is 0 Å². The first-order valence-electron chi connectivity index (χ1n) is 8.46. The van der Waals surface area contributed by atoms with E-state index in [1.807, 2.05) is 42.0 Å². The molecule has 0 aromatic carbocycles. The number of nitrogens with zero attached hydrogens (tertiary/aromatic N) is 1. The second-order valence-corrected chi connectivity index (χ2v) is 7.37. The number of carbonyl (C=O) groups excluding carboxylic acids is 1. The van der Waals surface area contributed by atoms with Gasteiger partial charge in [0.15, 0.2) is 0 Å². The van der Waals surface area contributed by atoms with Crippen LogP contribution in [0.25, 0.3) is 21.5 Å². The summed E-state index contributed by atoms with van der Waals surface area (Å²) < 4.78 is 6.92. The van der Waals surface area contributed by atoms with Crippen molar-refractivity contribution in [2.75, 3.05) is 6.61 Å². The molecule has 0 saturated heterocycles. The largest absolute Gasteiger partial charge is 0.462 e. The summed E-state index contributed by atoms with van der Waals surface area (Å²) in [7, 11) is 0. The quantitative estimate of drug-likeness (QED) is 0.411. The van der Waals surface area contributed by atoms with Crippen LogP contribution < -0.4 is 5.56 Å². The Hall–Kier alpha value is -2.70. The summed E-state index contributed by atoms with van der Waals surface area (Å²) in [6, 6.07) is 5.20. The van der Waals surface area contributed by atoms with Crippen molar-refractivity contribution in [2.24, 2.45) is 0 Å². The molecule has 138 valence electrons. The lowest BCUT2D eigenvalue weighted by Crippen LogP contribution is -2.15.